The topological polar surface area (TPSA) is 61.1 Å². The molecule has 0 bridgehead atoms. The number of nitrogens with zero attached hydrogens (tertiary/aromatic N) is 4. The van der Waals surface area contributed by atoms with Crippen molar-refractivity contribution in [2.24, 2.45) is 0 Å². The van der Waals surface area contributed by atoms with Crippen molar-refractivity contribution in [2.75, 3.05) is 24.5 Å². The van der Waals surface area contributed by atoms with Crippen LogP contribution in [0.15, 0.2) is 42.7 Å². The summed E-state index contributed by atoms with van der Waals surface area (Å²) < 4.78 is 29.7. The van der Waals surface area contributed by atoms with E-state index in [-0.39, 0.29) is 11.9 Å². The number of carbonyl (C=O) groups excluding carboxylic acids is 1. The fourth-order valence-electron chi connectivity index (χ4n) is 4.27. The number of amides is 1. The second-order valence-electron chi connectivity index (χ2n) is 7.65. The lowest BCUT2D eigenvalue weighted by atomic mass is 10.0. The SMILES string of the molecule is O=C(c1cnn2ccc(N3CCC[C@@H]3c3cc(F)ccc3F)cc12)N1CC(O)C1. The number of rotatable bonds is 3. The van der Waals surface area contributed by atoms with Crippen molar-refractivity contribution in [3.05, 3.63) is 65.5 Å². The monoisotopic (exact) mass is 398 g/mol. The summed E-state index contributed by atoms with van der Waals surface area (Å²) in [5.41, 5.74) is 2.30. The molecule has 0 aliphatic carbocycles. The Kier molecular flexibility index (Phi) is 4.24. The van der Waals surface area contributed by atoms with Gasteiger partial charge < -0.3 is 14.9 Å². The van der Waals surface area contributed by atoms with Gasteiger partial charge in [-0.1, -0.05) is 0 Å². The molecular weight excluding hydrogens is 378 g/mol. The molecule has 1 aromatic carbocycles. The third kappa shape index (κ3) is 3.04. The third-order valence-electron chi connectivity index (χ3n) is 5.79. The molecule has 0 saturated carbocycles. The van der Waals surface area contributed by atoms with E-state index in [4.69, 9.17) is 0 Å². The van der Waals surface area contributed by atoms with E-state index in [9.17, 15) is 18.7 Å². The molecule has 5 rings (SSSR count). The van der Waals surface area contributed by atoms with Crippen molar-refractivity contribution in [3.63, 3.8) is 0 Å². The van der Waals surface area contributed by atoms with Gasteiger partial charge in [0.2, 0.25) is 0 Å². The van der Waals surface area contributed by atoms with E-state index in [1.54, 1.807) is 15.6 Å². The second-order valence-corrected chi connectivity index (χ2v) is 7.65. The molecule has 2 aliphatic rings. The number of aliphatic hydroxyl groups is 1. The predicted octanol–water partition coefficient (Wildman–Crippen LogP) is 2.77. The largest absolute Gasteiger partial charge is 0.389 e. The van der Waals surface area contributed by atoms with E-state index >= 15 is 0 Å². The maximum atomic E-state index is 14.4. The Morgan fingerprint density at radius 2 is 2.00 bits per heavy atom. The first-order chi connectivity index (χ1) is 14.0. The van der Waals surface area contributed by atoms with Gasteiger partial charge in [-0.2, -0.15) is 5.10 Å². The van der Waals surface area contributed by atoms with E-state index in [0.717, 1.165) is 24.6 Å². The highest BCUT2D eigenvalue weighted by molar-refractivity contribution is 6.01. The molecule has 2 saturated heterocycles. The molecule has 6 nitrogen and oxygen atoms in total. The van der Waals surface area contributed by atoms with E-state index in [2.05, 4.69) is 5.10 Å². The Labute approximate surface area is 166 Å². The van der Waals surface area contributed by atoms with Gasteiger partial charge in [0.15, 0.2) is 0 Å². The van der Waals surface area contributed by atoms with Crippen LogP contribution in [0.4, 0.5) is 14.5 Å². The number of carbonyl (C=O) groups is 1. The Balaban J connectivity index is 1.50. The van der Waals surface area contributed by atoms with Crippen LogP contribution in [-0.2, 0) is 0 Å². The molecule has 3 aromatic rings. The summed E-state index contributed by atoms with van der Waals surface area (Å²) in [6, 6.07) is 7.03. The van der Waals surface area contributed by atoms with Gasteiger partial charge >= 0.3 is 0 Å². The summed E-state index contributed by atoms with van der Waals surface area (Å²) in [6.45, 7) is 1.36. The molecule has 2 aliphatic heterocycles. The predicted molar refractivity (Wildman–Crippen MR) is 103 cm³/mol. The zero-order valence-electron chi connectivity index (χ0n) is 15.6. The van der Waals surface area contributed by atoms with Crippen LogP contribution in [0.3, 0.4) is 0 Å². The molecule has 29 heavy (non-hydrogen) atoms. The molecule has 0 spiro atoms. The summed E-state index contributed by atoms with van der Waals surface area (Å²) in [5, 5.41) is 13.7. The Morgan fingerprint density at radius 1 is 1.17 bits per heavy atom. The van der Waals surface area contributed by atoms with Crippen LogP contribution in [0.5, 0.6) is 0 Å². The van der Waals surface area contributed by atoms with Crippen molar-refractivity contribution in [1.82, 2.24) is 14.5 Å². The number of fused-ring (bicyclic) bond motifs is 1. The van der Waals surface area contributed by atoms with Gasteiger partial charge in [-0.05, 0) is 43.2 Å². The van der Waals surface area contributed by atoms with Crippen LogP contribution in [-0.4, -0.2) is 51.3 Å². The number of anilines is 1. The van der Waals surface area contributed by atoms with Gasteiger partial charge in [-0.15, -0.1) is 0 Å². The first kappa shape index (κ1) is 18.1. The minimum Gasteiger partial charge on any atom is -0.389 e. The zero-order chi connectivity index (χ0) is 20.1. The van der Waals surface area contributed by atoms with Crippen LogP contribution >= 0.6 is 0 Å². The molecule has 2 fully saturated rings. The molecule has 4 heterocycles. The molecule has 2 aromatic heterocycles. The highest BCUT2D eigenvalue weighted by Gasteiger charge is 2.32. The molecule has 0 unspecified atom stereocenters. The smallest absolute Gasteiger partial charge is 0.257 e. The van der Waals surface area contributed by atoms with Crippen molar-refractivity contribution < 1.29 is 18.7 Å². The van der Waals surface area contributed by atoms with Crippen LogP contribution < -0.4 is 4.90 Å². The van der Waals surface area contributed by atoms with Crippen molar-refractivity contribution in [2.45, 2.75) is 25.0 Å². The normalized spacial score (nSPS) is 19.8. The number of pyridine rings is 1. The standard InChI is InChI=1S/C21H20F2N4O2/c22-13-3-4-18(23)16(8-13)19-2-1-6-26(19)14-5-7-27-20(9-14)17(10-24-27)21(29)25-11-15(28)12-25/h3-5,7-10,15,19,28H,1-2,6,11-12H2/t19-/m1/s1. The molecular formula is C21H20F2N4O2. The van der Waals surface area contributed by atoms with Gasteiger partial charge in [-0.25, -0.2) is 13.3 Å². The summed E-state index contributed by atoms with van der Waals surface area (Å²) in [4.78, 5) is 16.3. The number of β-amino-alcohol motifs (C(OH)–C–C–N with tert-alkyl or cyclic N) is 1. The van der Waals surface area contributed by atoms with Gasteiger partial charge in [0, 0.05) is 37.1 Å². The van der Waals surface area contributed by atoms with E-state index in [0.29, 0.717) is 36.3 Å². The van der Waals surface area contributed by atoms with E-state index < -0.39 is 17.7 Å². The zero-order valence-corrected chi connectivity index (χ0v) is 15.6. The number of benzene rings is 1. The highest BCUT2D eigenvalue weighted by Crippen LogP contribution is 2.38. The lowest BCUT2D eigenvalue weighted by molar-refractivity contribution is 0.00602. The van der Waals surface area contributed by atoms with Gasteiger partial charge in [0.1, 0.15) is 11.6 Å². The van der Waals surface area contributed by atoms with Gasteiger partial charge in [0.25, 0.3) is 5.91 Å². The van der Waals surface area contributed by atoms with E-state index in [1.807, 2.05) is 17.0 Å². The number of hydrogen-bond donors (Lipinski definition) is 1. The van der Waals surface area contributed by atoms with Crippen molar-refractivity contribution in [1.29, 1.82) is 0 Å². The fraction of sp³-hybridized carbons (Fsp3) is 0.333. The highest BCUT2D eigenvalue weighted by atomic mass is 19.1. The summed E-state index contributed by atoms with van der Waals surface area (Å²) in [6.07, 6.45) is 4.41. The first-order valence-corrected chi connectivity index (χ1v) is 9.67. The second kappa shape index (κ2) is 6.81. The first-order valence-electron chi connectivity index (χ1n) is 9.67. The molecule has 1 amide bonds. The van der Waals surface area contributed by atoms with Crippen molar-refractivity contribution in [3.8, 4) is 0 Å². The lowest BCUT2D eigenvalue weighted by Gasteiger charge is -2.35. The van der Waals surface area contributed by atoms with Gasteiger partial charge in [0.05, 0.1) is 29.4 Å². The number of hydrogen-bond acceptors (Lipinski definition) is 4. The average molecular weight is 398 g/mol. The third-order valence-corrected chi connectivity index (χ3v) is 5.79. The lowest BCUT2D eigenvalue weighted by Crippen LogP contribution is -2.53. The minimum absolute atomic E-state index is 0.170. The number of halogens is 2. The number of aliphatic hydroxyl groups excluding tert-OH is 1. The summed E-state index contributed by atoms with van der Waals surface area (Å²) in [5.74, 6) is -1.04. The number of likely N-dealkylation sites (tertiary alicyclic amines) is 1. The Hall–Kier alpha value is -3.00. The average Bonchev–Trinajstić information content (AvgIpc) is 3.33. The quantitative estimate of drug-likeness (QED) is 0.737. The Morgan fingerprint density at radius 3 is 2.79 bits per heavy atom. The van der Waals surface area contributed by atoms with Crippen LogP contribution in [0, 0.1) is 11.6 Å². The summed E-state index contributed by atoms with van der Waals surface area (Å²) in [7, 11) is 0. The minimum atomic E-state index is -0.470. The van der Waals surface area contributed by atoms with Crippen LogP contribution in [0.25, 0.3) is 5.52 Å². The maximum Gasteiger partial charge on any atom is 0.257 e. The molecule has 8 heteroatoms. The van der Waals surface area contributed by atoms with Crippen LogP contribution in [0.2, 0.25) is 0 Å². The summed E-state index contributed by atoms with van der Waals surface area (Å²) >= 11 is 0. The molecule has 0 radical (unpaired) electrons. The maximum absolute atomic E-state index is 14.4. The van der Waals surface area contributed by atoms with Crippen molar-refractivity contribution >= 4 is 17.1 Å². The molecule has 1 atom stereocenters. The molecule has 1 N–H and O–H groups in total. The van der Waals surface area contributed by atoms with Gasteiger partial charge in [-0.3, -0.25) is 4.79 Å². The van der Waals surface area contributed by atoms with E-state index in [1.165, 1.54) is 18.3 Å². The fourth-order valence-corrected chi connectivity index (χ4v) is 4.27. The Bertz CT molecular complexity index is 1090. The van der Waals surface area contributed by atoms with Crippen LogP contribution in [0.1, 0.15) is 34.8 Å². The number of aromatic nitrogens is 2. The molecule has 150 valence electrons.